The van der Waals surface area contributed by atoms with Gasteiger partial charge in [-0.2, -0.15) is 0 Å². The third-order valence-electron chi connectivity index (χ3n) is 2.16. The van der Waals surface area contributed by atoms with Crippen LogP contribution in [0.3, 0.4) is 0 Å². The first kappa shape index (κ1) is 12.5. The van der Waals surface area contributed by atoms with Gasteiger partial charge in [-0.05, 0) is 29.8 Å². The van der Waals surface area contributed by atoms with E-state index in [1.165, 1.54) is 12.1 Å². The fourth-order valence-corrected chi connectivity index (χ4v) is 2.10. The van der Waals surface area contributed by atoms with Crippen molar-refractivity contribution in [3.63, 3.8) is 0 Å². The molecule has 0 amide bonds. The first-order chi connectivity index (χ1) is 7.99. The molecule has 1 aromatic carbocycles. The minimum absolute atomic E-state index is 0.0603. The van der Waals surface area contributed by atoms with Crippen LogP contribution >= 0.6 is 27.5 Å². The fourth-order valence-electron chi connectivity index (χ4n) is 1.35. The van der Waals surface area contributed by atoms with E-state index in [1.54, 1.807) is 0 Å². The van der Waals surface area contributed by atoms with Gasteiger partial charge in [-0.15, -0.1) is 0 Å². The molecule has 6 heteroatoms. The number of rotatable bonds is 2. The largest absolute Gasteiger partial charge is 0.448 e. The zero-order chi connectivity index (χ0) is 12.6. The summed E-state index contributed by atoms with van der Waals surface area (Å²) in [7, 11) is 0. The Kier molecular flexibility index (Phi) is 3.49. The molecule has 0 N–H and O–H groups in total. The van der Waals surface area contributed by atoms with Gasteiger partial charge in [0.15, 0.2) is 16.9 Å². The second-order valence-corrected chi connectivity index (χ2v) is 4.58. The van der Waals surface area contributed by atoms with E-state index >= 15 is 0 Å². The summed E-state index contributed by atoms with van der Waals surface area (Å²) in [6.07, 6.45) is 0. The molecule has 0 spiro atoms. The number of alkyl halides is 1. The van der Waals surface area contributed by atoms with Gasteiger partial charge < -0.3 is 4.42 Å². The van der Waals surface area contributed by atoms with Gasteiger partial charge in [0.2, 0.25) is 0 Å². The lowest BCUT2D eigenvalue weighted by Crippen LogP contribution is -1.98. The highest BCUT2D eigenvalue weighted by atomic mass is 79.9. The average Bonchev–Trinajstić information content (AvgIpc) is 2.69. The third-order valence-corrected chi connectivity index (χ3v) is 3.30. The number of furan rings is 1. The monoisotopic (exact) mass is 324 g/mol. The van der Waals surface area contributed by atoms with E-state index in [-0.39, 0.29) is 10.8 Å². The zero-order valence-electron chi connectivity index (χ0n) is 8.18. The summed E-state index contributed by atoms with van der Waals surface area (Å²) >= 11 is 8.71. The molecule has 0 aliphatic heterocycles. The van der Waals surface area contributed by atoms with E-state index in [1.807, 2.05) is 0 Å². The SMILES string of the molecule is Fc1cc(F)c(C(Br)c2ccc(Cl)o2)cc1F. The van der Waals surface area contributed by atoms with E-state index in [0.717, 1.165) is 6.07 Å². The van der Waals surface area contributed by atoms with Crippen LogP contribution in [0.4, 0.5) is 13.2 Å². The minimum Gasteiger partial charge on any atom is -0.448 e. The van der Waals surface area contributed by atoms with E-state index in [4.69, 9.17) is 16.0 Å². The van der Waals surface area contributed by atoms with Crippen molar-refractivity contribution in [2.45, 2.75) is 4.83 Å². The Balaban J connectivity index is 2.43. The van der Waals surface area contributed by atoms with Crippen LogP contribution in [0.1, 0.15) is 16.2 Å². The van der Waals surface area contributed by atoms with Crippen molar-refractivity contribution >= 4 is 27.5 Å². The van der Waals surface area contributed by atoms with Crippen molar-refractivity contribution in [1.29, 1.82) is 0 Å². The predicted octanol–water partition coefficient (Wildman–Crippen LogP) is 4.83. The van der Waals surface area contributed by atoms with Crippen molar-refractivity contribution in [3.8, 4) is 0 Å². The lowest BCUT2D eigenvalue weighted by Gasteiger charge is -2.09. The lowest BCUT2D eigenvalue weighted by atomic mass is 10.1. The van der Waals surface area contributed by atoms with Crippen LogP contribution in [-0.2, 0) is 0 Å². The Morgan fingerprint density at radius 1 is 1.06 bits per heavy atom. The molecule has 1 nitrogen and oxygen atoms in total. The second-order valence-electron chi connectivity index (χ2n) is 3.29. The number of benzene rings is 1. The molecule has 2 rings (SSSR count). The Hall–Kier alpha value is -0.940. The van der Waals surface area contributed by atoms with Crippen molar-refractivity contribution < 1.29 is 17.6 Å². The van der Waals surface area contributed by atoms with Crippen LogP contribution in [0.5, 0.6) is 0 Å². The highest BCUT2D eigenvalue weighted by Crippen LogP contribution is 2.35. The normalized spacial score (nSPS) is 12.8. The maximum atomic E-state index is 13.5. The summed E-state index contributed by atoms with van der Waals surface area (Å²) < 4.78 is 44.3. The molecule has 17 heavy (non-hydrogen) atoms. The van der Waals surface area contributed by atoms with Crippen molar-refractivity contribution in [2.24, 2.45) is 0 Å². The summed E-state index contributed by atoms with van der Waals surface area (Å²) in [6, 6.07) is 4.26. The molecule has 1 aromatic heterocycles. The maximum absolute atomic E-state index is 13.5. The zero-order valence-corrected chi connectivity index (χ0v) is 10.5. The third kappa shape index (κ3) is 2.50. The van der Waals surface area contributed by atoms with Crippen LogP contribution in [-0.4, -0.2) is 0 Å². The molecule has 2 aromatic rings. The molecule has 0 saturated heterocycles. The Morgan fingerprint density at radius 2 is 1.71 bits per heavy atom. The van der Waals surface area contributed by atoms with Crippen molar-refractivity contribution in [1.82, 2.24) is 0 Å². The Bertz CT molecular complexity index is 556. The standard InChI is InChI=1S/C11H5BrClF3O/c12-11(9-1-2-10(13)17-9)5-3-7(15)8(16)4-6(5)14/h1-4,11H. The highest BCUT2D eigenvalue weighted by Gasteiger charge is 2.20. The predicted molar refractivity (Wildman–Crippen MR) is 60.8 cm³/mol. The molecule has 0 bridgehead atoms. The smallest absolute Gasteiger partial charge is 0.193 e. The van der Waals surface area contributed by atoms with Gasteiger partial charge in [-0.1, -0.05) is 15.9 Å². The van der Waals surface area contributed by atoms with Crippen LogP contribution < -0.4 is 0 Å². The maximum Gasteiger partial charge on any atom is 0.193 e. The van der Waals surface area contributed by atoms with Gasteiger partial charge in [-0.3, -0.25) is 0 Å². The molecular formula is C11H5BrClF3O. The average molecular weight is 326 g/mol. The van der Waals surface area contributed by atoms with Gasteiger partial charge in [0.25, 0.3) is 0 Å². The van der Waals surface area contributed by atoms with Crippen molar-refractivity contribution in [2.75, 3.05) is 0 Å². The first-order valence-corrected chi connectivity index (χ1v) is 5.82. The summed E-state index contributed by atoms with van der Waals surface area (Å²) in [5.74, 6) is -2.91. The molecule has 0 aliphatic rings. The van der Waals surface area contributed by atoms with E-state index in [9.17, 15) is 13.2 Å². The van der Waals surface area contributed by atoms with E-state index in [0.29, 0.717) is 11.8 Å². The molecule has 0 fully saturated rings. The highest BCUT2D eigenvalue weighted by molar-refractivity contribution is 9.09. The topological polar surface area (TPSA) is 13.1 Å². The summed E-state index contributed by atoms with van der Waals surface area (Å²) in [5.41, 5.74) is -0.0603. The lowest BCUT2D eigenvalue weighted by molar-refractivity contribution is 0.484. The Morgan fingerprint density at radius 3 is 2.29 bits per heavy atom. The van der Waals surface area contributed by atoms with Gasteiger partial charge in [0, 0.05) is 11.6 Å². The molecular weight excluding hydrogens is 320 g/mol. The number of hydrogen-bond acceptors (Lipinski definition) is 1. The number of halogens is 5. The van der Waals surface area contributed by atoms with Gasteiger partial charge >= 0.3 is 0 Å². The molecule has 0 radical (unpaired) electrons. The van der Waals surface area contributed by atoms with Crippen LogP contribution in [0.25, 0.3) is 0 Å². The molecule has 1 heterocycles. The minimum atomic E-state index is -1.23. The Labute approximate surface area is 108 Å². The molecule has 0 saturated carbocycles. The molecule has 0 aliphatic carbocycles. The van der Waals surface area contributed by atoms with Crippen LogP contribution in [0.15, 0.2) is 28.7 Å². The van der Waals surface area contributed by atoms with Crippen LogP contribution in [0.2, 0.25) is 5.22 Å². The molecule has 1 unspecified atom stereocenters. The van der Waals surface area contributed by atoms with Gasteiger partial charge in [0.05, 0.1) is 0 Å². The summed E-state index contributed by atoms with van der Waals surface area (Å²) in [4.78, 5) is -0.731. The van der Waals surface area contributed by atoms with E-state index in [2.05, 4.69) is 15.9 Å². The molecule has 90 valence electrons. The summed E-state index contributed by atoms with van der Waals surface area (Å²) in [6.45, 7) is 0. The number of hydrogen-bond donors (Lipinski definition) is 0. The second kappa shape index (κ2) is 4.74. The van der Waals surface area contributed by atoms with Gasteiger partial charge in [-0.25, -0.2) is 13.2 Å². The molecule has 1 atom stereocenters. The van der Waals surface area contributed by atoms with Gasteiger partial charge in [0.1, 0.15) is 16.4 Å². The van der Waals surface area contributed by atoms with E-state index < -0.39 is 22.3 Å². The quantitative estimate of drug-likeness (QED) is 0.569. The fraction of sp³-hybridized carbons (Fsp3) is 0.0909. The first-order valence-electron chi connectivity index (χ1n) is 4.53. The summed E-state index contributed by atoms with van der Waals surface area (Å²) in [5, 5.41) is 0.132. The van der Waals surface area contributed by atoms with Crippen LogP contribution in [0, 0.1) is 17.5 Å². The van der Waals surface area contributed by atoms with Crippen molar-refractivity contribution in [3.05, 3.63) is 58.3 Å².